The summed E-state index contributed by atoms with van der Waals surface area (Å²) < 4.78 is 0.502. The van der Waals surface area contributed by atoms with Gasteiger partial charge in [0, 0.05) is 12.1 Å². The smallest absolute Gasteiger partial charge is 0.134 e. The molecule has 0 amide bonds. The summed E-state index contributed by atoms with van der Waals surface area (Å²) in [7, 11) is 0. The number of rotatable bonds is 1. The second-order valence-electron chi connectivity index (χ2n) is 2.28. The standard InChI is InChI=1S/C8H7BrN2O/c9-7-2-5(3-10)1-6(4-11)8(7)12/h1-2,12H,4,11H2. The molecular weight excluding hydrogens is 220 g/mol. The minimum atomic E-state index is 0.108. The van der Waals surface area contributed by atoms with Crippen molar-refractivity contribution in [3.05, 3.63) is 27.7 Å². The van der Waals surface area contributed by atoms with Gasteiger partial charge in [0.05, 0.1) is 16.1 Å². The van der Waals surface area contributed by atoms with Crippen LogP contribution < -0.4 is 5.73 Å². The highest BCUT2D eigenvalue weighted by molar-refractivity contribution is 9.10. The molecule has 0 radical (unpaired) electrons. The van der Waals surface area contributed by atoms with E-state index in [-0.39, 0.29) is 12.3 Å². The van der Waals surface area contributed by atoms with Crippen molar-refractivity contribution in [2.45, 2.75) is 6.54 Å². The van der Waals surface area contributed by atoms with Gasteiger partial charge in [-0.25, -0.2) is 0 Å². The molecule has 0 spiro atoms. The van der Waals surface area contributed by atoms with E-state index in [2.05, 4.69) is 15.9 Å². The van der Waals surface area contributed by atoms with Crippen LogP contribution in [0.5, 0.6) is 5.75 Å². The van der Waals surface area contributed by atoms with E-state index in [4.69, 9.17) is 11.0 Å². The largest absolute Gasteiger partial charge is 0.506 e. The van der Waals surface area contributed by atoms with Crippen molar-refractivity contribution in [3.63, 3.8) is 0 Å². The van der Waals surface area contributed by atoms with Crippen molar-refractivity contribution < 1.29 is 5.11 Å². The van der Waals surface area contributed by atoms with Gasteiger partial charge in [-0.3, -0.25) is 0 Å². The van der Waals surface area contributed by atoms with Crippen molar-refractivity contribution in [2.24, 2.45) is 5.73 Å². The summed E-state index contributed by atoms with van der Waals surface area (Å²) in [5.74, 6) is 0.108. The number of hydrogen-bond acceptors (Lipinski definition) is 3. The van der Waals surface area contributed by atoms with Crippen LogP contribution in [0.3, 0.4) is 0 Å². The number of halogens is 1. The van der Waals surface area contributed by atoms with E-state index in [9.17, 15) is 5.11 Å². The summed E-state index contributed by atoms with van der Waals surface area (Å²) in [5.41, 5.74) is 6.41. The zero-order valence-electron chi connectivity index (χ0n) is 6.21. The maximum atomic E-state index is 9.38. The summed E-state index contributed by atoms with van der Waals surface area (Å²) in [6.07, 6.45) is 0. The Morgan fingerprint density at radius 1 is 1.58 bits per heavy atom. The van der Waals surface area contributed by atoms with Crippen molar-refractivity contribution in [1.82, 2.24) is 0 Å². The maximum absolute atomic E-state index is 9.38. The van der Waals surface area contributed by atoms with Crippen molar-refractivity contribution in [2.75, 3.05) is 0 Å². The molecule has 3 N–H and O–H groups in total. The zero-order chi connectivity index (χ0) is 9.14. The molecule has 1 aromatic rings. The summed E-state index contributed by atoms with van der Waals surface area (Å²) in [5, 5.41) is 18.0. The molecule has 0 aromatic heterocycles. The Bertz CT molecular complexity index is 344. The van der Waals surface area contributed by atoms with Crippen molar-refractivity contribution >= 4 is 15.9 Å². The summed E-state index contributed by atoms with van der Waals surface area (Å²) >= 11 is 3.12. The first kappa shape index (κ1) is 9.04. The summed E-state index contributed by atoms with van der Waals surface area (Å²) in [6, 6.07) is 5.09. The van der Waals surface area contributed by atoms with Gasteiger partial charge in [0.2, 0.25) is 0 Å². The van der Waals surface area contributed by atoms with Crippen LogP contribution in [0, 0.1) is 11.3 Å². The van der Waals surface area contributed by atoms with Crippen LogP contribution in [0.15, 0.2) is 16.6 Å². The van der Waals surface area contributed by atoms with E-state index in [1.807, 2.05) is 6.07 Å². The molecule has 62 valence electrons. The lowest BCUT2D eigenvalue weighted by Crippen LogP contribution is -1.97. The first-order valence-electron chi connectivity index (χ1n) is 3.30. The molecule has 1 rings (SSSR count). The number of nitrogens with two attached hydrogens (primary N) is 1. The van der Waals surface area contributed by atoms with Gasteiger partial charge in [-0.2, -0.15) is 5.26 Å². The average Bonchev–Trinajstić information content (AvgIpc) is 2.09. The second-order valence-corrected chi connectivity index (χ2v) is 3.14. The molecule has 3 nitrogen and oxygen atoms in total. The van der Waals surface area contributed by atoms with Crippen LogP contribution in [0.1, 0.15) is 11.1 Å². The van der Waals surface area contributed by atoms with Gasteiger partial charge in [0.15, 0.2) is 0 Å². The lowest BCUT2D eigenvalue weighted by atomic mass is 10.1. The summed E-state index contributed by atoms with van der Waals surface area (Å²) in [4.78, 5) is 0. The normalized spacial score (nSPS) is 9.42. The van der Waals surface area contributed by atoms with Gasteiger partial charge in [-0.05, 0) is 28.1 Å². The van der Waals surface area contributed by atoms with Crippen LogP contribution in [0.25, 0.3) is 0 Å². The molecular formula is C8H7BrN2O. The molecule has 0 saturated carbocycles. The zero-order valence-corrected chi connectivity index (χ0v) is 7.80. The van der Waals surface area contributed by atoms with Gasteiger partial charge in [0.1, 0.15) is 5.75 Å². The van der Waals surface area contributed by atoms with Crippen molar-refractivity contribution in [3.8, 4) is 11.8 Å². The molecule has 12 heavy (non-hydrogen) atoms. The fourth-order valence-electron chi connectivity index (χ4n) is 0.876. The lowest BCUT2D eigenvalue weighted by molar-refractivity contribution is 0.465. The molecule has 0 bridgehead atoms. The predicted octanol–water partition coefficient (Wildman–Crippen LogP) is 1.49. The van der Waals surface area contributed by atoms with E-state index in [1.165, 1.54) is 0 Å². The van der Waals surface area contributed by atoms with E-state index < -0.39 is 0 Å². The first-order valence-corrected chi connectivity index (χ1v) is 4.10. The Balaban J connectivity index is 3.31. The number of nitriles is 1. The Morgan fingerprint density at radius 3 is 2.75 bits per heavy atom. The molecule has 0 aliphatic heterocycles. The van der Waals surface area contributed by atoms with Gasteiger partial charge >= 0.3 is 0 Å². The Kier molecular flexibility index (Phi) is 2.69. The Morgan fingerprint density at radius 2 is 2.25 bits per heavy atom. The number of aromatic hydroxyl groups is 1. The fourth-order valence-corrected chi connectivity index (χ4v) is 1.38. The van der Waals surface area contributed by atoms with E-state index in [1.54, 1.807) is 12.1 Å². The number of phenolic OH excluding ortho intramolecular Hbond substituents is 1. The van der Waals surface area contributed by atoms with E-state index in [0.717, 1.165) is 0 Å². The second kappa shape index (κ2) is 3.57. The van der Waals surface area contributed by atoms with Crippen LogP contribution in [-0.2, 0) is 6.54 Å². The van der Waals surface area contributed by atoms with E-state index >= 15 is 0 Å². The van der Waals surface area contributed by atoms with Crippen molar-refractivity contribution in [1.29, 1.82) is 5.26 Å². The predicted molar refractivity (Wildman–Crippen MR) is 48.4 cm³/mol. The molecule has 0 atom stereocenters. The SMILES string of the molecule is N#Cc1cc(Br)c(O)c(CN)c1. The minimum Gasteiger partial charge on any atom is -0.506 e. The van der Waals surface area contributed by atoms with Crippen LogP contribution in [-0.4, -0.2) is 5.11 Å². The van der Waals surface area contributed by atoms with E-state index in [0.29, 0.717) is 15.6 Å². The van der Waals surface area contributed by atoms with Crippen LogP contribution in [0.4, 0.5) is 0 Å². The van der Waals surface area contributed by atoms with Gasteiger partial charge in [-0.1, -0.05) is 0 Å². The fraction of sp³-hybridized carbons (Fsp3) is 0.125. The highest BCUT2D eigenvalue weighted by Crippen LogP contribution is 2.28. The number of benzene rings is 1. The monoisotopic (exact) mass is 226 g/mol. The maximum Gasteiger partial charge on any atom is 0.134 e. The Hall–Kier alpha value is -1.05. The molecule has 0 saturated heterocycles. The van der Waals surface area contributed by atoms with Gasteiger partial charge in [-0.15, -0.1) is 0 Å². The highest BCUT2D eigenvalue weighted by Gasteiger charge is 2.05. The third-order valence-electron chi connectivity index (χ3n) is 1.49. The third-order valence-corrected chi connectivity index (χ3v) is 2.10. The molecule has 0 aliphatic rings. The van der Waals surface area contributed by atoms with Crippen LogP contribution in [0.2, 0.25) is 0 Å². The molecule has 0 aliphatic carbocycles. The minimum absolute atomic E-state index is 0.108. The first-order chi connectivity index (χ1) is 5.69. The summed E-state index contributed by atoms with van der Waals surface area (Å²) in [6.45, 7) is 0.222. The van der Waals surface area contributed by atoms with Crippen LogP contribution >= 0.6 is 15.9 Å². The Labute approximate surface area is 78.6 Å². The van der Waals surface area contributed by atoms with Gasteiger partial charge < -0.3 is 10.8 Å². The number of phenols is 1. The molecule has 0 unspecified atom stereocenters. The molecule has 0 fully saturated rings. The molecule has 4 heteroatoms. The third kappa shape index (κ3) is 1.58. The quantitative estimate of drug-likeness (QED) is 0.763. The number of hydrogen-bond donors (Lipinski definition) is 2. The topological polar surface area (TPSA) is 70.0 Å². The lowest BCUT2D eigenvalue weighted by Gasteiger charge is -2.03. The average molecular weight is 227 g/mol. The molecule has 1 aromatic carbocycles. The number of nitrogens with zero attached hydrogens (tertiary/aromatic N) is 1. The van der Waals surface area contributed by atoms with Gasteiger partial charge in [0.25, 0.3) is 0 Å². The molecule has 0 heterocycles. The highest BCUT2D eigenvalue weighted by atomic mass is 79.9.